The van der Waals surface area contributed by atoms with Crippen LogP contribution in [-0.2, 0) is 7.05 Å². The van der Waals surface area contributed by atoms with Gasteiger partial charge in [-0.2, -0.15) is 10.4 Å². The van der Waals surface area contributed by atoms with Crippen molar-refractivity contribution in [3.8, 4) is 11.9 Å². The minimum Gasteiger partial charge on any atom is -0.475 e. The molecular formula is C13H20N4O. The van der Waals surface area contributed by atoms with Crippen molar-refractivity contribution in [2.75, 3.05) is 6.61 Å². The molecule has 0 aliphatic heterocycles. The topological polar surface area (TPSA) is 76.9 Å². The second kappa shape index (κ2) is 4.99. The summed E-state index contributed by atoms with van der Waals surface area (Å²) < 4.78 is 7.39. The monoisotopic (exact) mass is 248 g/mol. The van der Waals surface area contributed by atoms with Gasteiger partial charge in [-0.15, -0.1) is 0 Å². The van der Waals surface area contributed by atoms with Gasteiger partial charge in [0, 0.05) is 7.05 Å². The number of nitriles is 1. The molecule has 0 atom stereocenters. The zero-order valence-electron chi connectivity index (χ0n) is 11.1. The van der Waals surface area contributed by atoms with Crippen molar-refractivity contribution < 1.29 is 4.74 Å². The molecule has 0 radical (unpaired) electrons. The molecule has 1 fully saturated rings. The van der Waals surface area contributed by atoms with E-state index in [1.807, 2.05) is 6.92 Å². The van der Waals surface area contributed by atoms with Gasteiger partial charge in [-0.25, -0.2) is 4.68 Å². The number of hydrogen-bond donors (Lipinski definition) is 1. The largest absolute Gasteiger partial charge is 0.475 e. The Hall–Kier alpha value is -1.54. The lowest BCUT2D eigenvalue weighted by Gasteiger charge is -2.32. The summed E-state index contributed by atoms with van der Waals surface area (Å²) in [6, 6.07) is 2.14. The Morgan fingerprint density at radius 1 is 1.44 bits per heavy atom. The number of nitrogens with zero attached hydrogens (tertiary/aromatic N) is 3. The molecule has 2 rings (SSSR count). The van der Waals surface area contributed by atoms with E-state index < -0.39 is 0 Å². The van der Waals surface area contributed by atoms with Gasteiger partial charge in [0.05, 0.1) is 11.2 Å². The third-order valence-electron chi connectivity index (χ3n) is 3.63. The predicted molar refractivity (Wildman–Crippen MR) is 68.2 cm³/mol. The van der Waals surface area contributed by atoms with Gasteiger partial charge >= 0.3 is 0 Å². The Kier molecular flexibility index (Phi) is 3.58. The third kappa shape index (κ3) is 2.49. The van der Waals surface area contributed by atoms with Gasteiger partial charge in [0.2, 0.25) is 5.88 Å². The summed E-state index contributed by atoms with van der Waals surface area (Å²) in [6.45, 7) is 2.27. The van der Waals surface area contributed by atoms with Crippen LogP contribution in [0.1, 0.15) is 43.4 Å². The van der Waals surface area contributed by atoms with Crippen LogP contribution < -0.4 is 10.5 Å². The summed E-state index contributed by atoms with van der Waals surface area (Å²) in [4.78, 5) is 0. The van der Waals surface area contributed by atoms with E-state index in [4.69, 9.17) is 15.7 Å². The summed E-state index contributed by atoms with van der Waals surface area (Å²) >= 11 is 0. The molecule has 1 aromatic heterocycles. The maximum atomic E-state index is 9.10. The van der Waals surface area contributed by atoms with E-state index in [9.17, 15) is 0 Å². The molecule has 0 saturated heterocycles. The lowest BCUT2D eigenvalue weighted by molar-refractivity contribution is 0.164. The van der Waals surface area contributed by atoms with E-state index in [0.29, 0.717) is 23.7 Å². The Labute approximate surface area is 108 Å². The number of hydrogen-bond acceptors (Lipinski definition) is 4. The van der Waals surface area contributed by atoms with Crippen LogP contribution in [0.25, 0.3) is 0 Å². The lowest BCUT2D eigenvalue weighted by Crippen LogP contribution is -2.47. The van der Waals surface area contributed by atoms with Crippen molar-refractivity contribution in [3.63, 3.8) is 0 Å². The fourth-order valence-corrected chi connectivity index (χ4v) is 2.54. The van der Waals surface area contributed by atoms with E-state index in [-0.39, 0.29) is 5.54 Å². The van der Waals surface area contributed by atoms with E-state index in [0.717, 1.165) is 25.7 Å². The molecule has 1 saturated carbocycles. The first-order valence-electron chi connectivity index (χ1n) is 6.41. The highest BCUT2D eigenvalue weighted by Gasteiger charge is 2.29. The first-order chi connectivity index (χ1) is 8.56. The van der Waals surface area contributed by atoms with E-state index in [2.05, 4.69) is 11.2 Å². The quantitative estimate of drug-likeness (QED) is 0.882. The van der Waals surface area contributed by atoms with Crippen LogP contribution in [0.2, 0.25) is 0 Å². The van der Waals surface area contributed by atoms with Crippen LogP contribution >= 0.6 is 0 Å². The Bertz CT molecular complexity index is 466. The normalized spacial score (nSPS) is 18.3. The highest BCUT2D eigenvalue weighted by molar-refractivity contribution is 5.42. The van der Waals surface area contributed by atoms with Gasteiger partial charge in [-0.1, -0.05) is 19.3 Å². The molecule has 1 aliphatic carbocycles. The van der Waals surface area contributed by atoms with E-state index in [1.54, 1.807) is 11.7 Å². The van der Waals surface area contributed by atoms with Gasteiger partial charge in [-0.05, 0) is 19.8 Å². The molecule has 5 heteroatoms. The summed E-state index contributed by atoms with van der Waals surface area (Å²) in [5.74, 6) is 0.533. The Balaban J connectivity index is 2.08. The molecular weight excluding hydrogens is 228 g/mol. The minimum absolute atomic E-state index is 0.247. The van der Waals surface area contributed by atoms with Gasteiger partial charge in [0.25, 0.3) is 0 Å². The molecule has 0 bridgehead atoms. The first kappa shape index (κ1) is 12.9. The molecule has 98 valence electrons. The summed E-state index contributed by atoms with van der Waals surface area (Å²) in [7, 11) is 1.78. The van der Waals surface area contributed by atoms with Gasteiger partial charge in [0.1, 0.15) is 18.2 Å². The van der Waals surface area contributed by atoms with Crippen molar-refractivity contribution in [1.82, 2.24) is 9.78 Å². The standard InChI is InChI=1S/C13H20N4O/c1-10-11(8-14)12(17(2)16-10)18-9-13(15)6-4-3-5-7-13/h3-7,9,15H2,1-2H3. The summed E-state index contributed by atoms with van der Waals surface area (Å²) in [6.07, 6.45) is 5.56. The van der Waals surface area contributed by atoms with Crippen LogP contribution in [0, 0.1) is 18.3 Å². The second-order valence-corrected chi connectivity index (χ2v) is 5.21. The number of rotatable bonds is 3. The van der Waals surface area contributed by atoms with Crippen LogP contribution in [0.15, 0.2) is 0 Å². The van der Waals surface area contributed by atoms with Crippen LogP contribution in [0.3, 0.4) is 0 Å². The SMILES string of the molecule is Cc1nn(C)c(OCC2(N)CCCCC2)c1C#N. The smallest absolute Gasteiger partial charge is 0.230 e. The highest BCUT2D eigenvalue weighted by atomic mass is 16.5. The maximum Gasteiger partial charge on any atom is 0.230 e. The number of nitrogens with two attached hydrogens (primary N) is 1. The van der Waals surface area contributed by atoms with Crippen LogP contribution in [0.5, 0.6) is 5.88 Å². The summed E-state index contributed by atoms with van der Waals surface area (Å²) in [5.41, 5.74) is 7.28. The van der Waals surface area contributed by atoms with Crippen molar-refractivity contribution in [2.24, 2.45) is 12.8 Å². The van der Waals surface area contributed by atoms with Crippen molar-refractivity contribution in [2.45, 2.75) is 44.6 Å². The number of aromatic nitrogens is 2. The number of aryl methyl sites for hydroxylation is 2. The molecule has 1 aliphatic rings. The zero-order valence-corrected chi connectivity index (χ0v) is 11.1. The molecule has 18 heavy (non-hydrogen) atoms. The van der Waals surface area contributed by atoms with Crippen molar-refractivity contribution in [1.29, 1.82) is 5.26 Å². The van der Waals surface area contributed by atoms with Crippen molar-refractivity contribution >= 4 is 0 Å². The van der Waals surface area contributed by atoms with Gasteiger partial charge in [0.15, 0.2) is 0 Å². The molecule has 0 unspecified atom stereocenters. The molecule has 5 nitrogen and oxygen atoms in total. The average Bonchev–Trinajstić information content (AvgIpc) is 2.61. The molecule has 1 aromatic rings. The average molecular weight is 248 g/mol. The maximum absolute atomic E-state index is 9.10. The third-order valence-corrected chi connectivity index (χ3v) is 3.63. The van der Waals surface area contributed by atoms with Gasteiger partial charge < -0.3 is 10.5 Å². The molecule has 0 spiro atoms. The second-order valence-electron chi connectivity index (χ2n) is 5.21. The summed E-state index contributed by atoms with van der Waals surface area (Å²) in [5, 5.41) is 13.3. The number of ether oxygens (including phenoxy) is 1. The molecule has 2 N–H and O–H groups in total. The molecule has 0 aromatic carbocycles. The van der Waals surface area contributed by atoms with E-state index in [1.165, 1.54) is 6.42 Å². The van der Waals surface area contributed by atoms with Gasteiger partial charge in [-0.3, -0.25) is 0 Å². The highest BCUT2D eigenvalue weighted by Crippen LogP contribution is 2.28. The minimum atomic E-state index is -0.247. The van der Waals surface area contributed by atoms with Crippen LogP contribution in [0.4, 0.5) is 0 Å². The lowest BCUT2D eigenvalue weighted by atomic mass is 9.83. The van der Waals surface area contributed by atoms with E-state index >= 15 is 0 Å². The van der Waals surface area contributed by atoms with Crippen LogP contribution in [-0.4, -0.2) is 21.9 Å². The Morgan fingerprint density at radius 3 is 2.72 bits per heavy atom. The first-order valence-corrected chi connectivity index (χ1v) is 6.41. The predicted octanol–water partition coefficient (Wildman–Crippen LogP) is 1.64. The Morgan fingerprint density at radius 2 is 2.11 bits per heavy atom. The van der Waals surface area contributed by atoms with Crippen molar-refractivity contribution in [3.05, 3.63) is 11.3 Å². The zero-order chi connectivity index (χ0) is 13.2. The molecule has 0 amide bonds. The fraction of sp³-hybridized carbons (Fsp3) is 0.692. The fourth-order valence-electron chi connectivity index (χ4n) is 2.54. The molecule has 1 heterocycles.